The minimum Gasteiger partial charge on any atom is -0.349 e. The second kappa shape index (κ2) is 7.72. The molecule has 26 heavy (non-hydrogen) atoms. The van der Waals surface area contributed by atoms with E-state index in [0.29, 0.717) is 24.5 Å². The molecule has 1 aliphatic heterocycles. The lowest BCUT2D eigenvalue weighted by molar-refractivity contribution is 0.0945. The molecule has 5 nitrogen and oxygen atoms in total. The molecule has 2 fully saturated rings. The summed E-state index contributed by atoms with van der Waals surface area (Å²) in [6.45, 7) is 0.604. The van der Waals surface area contributed by atoms with E-state index in [1.165, 1.54) is 31.9 Å². The van der Waals surface area contributed by atoms with Crippen LogP contribution in [0.25, 0.3) is 11.4 Å². The van der Waals surface area contributed by atoms with Crippen LogP contribution < -0.4 is 10.6 Å². The first-order valence-corrected chi connectivity index (χ1v) is 9.70. The van der Waals surface area contributed by atoms with Crippen molar-refractivity contribution in [1.29, 1.82) is 0 Å². The molecule has 1 saturated heterocycles. The van der Waals surface area contributed by atoms with Gasteiger partial charge in [0, 0.05) is 24.2 Å². The van der Waals surface area contributed by atoms with Gasteiger partial charge in [-0.05, 0) is 25.2 Å². The van der Waals surface area contributed by atoms with Gasteiger partial charge in [-0.3, -0.25) is 4.79 Å². The number of hydrogen-bond acceptors (Lipinski definition) is 4. The van der Waals surface area contributed by atoms with Gasteiger partial charge in [0.25, 0.3) is 5.91 Å². The van der Waals surface area contributed by atoms with E-state index in [-0.39, 0.29) is 16.6 Å². The number of carbonyl (C=O) groups excluding carboxylic acids is 1. The van der Waals surface area contributed by atoms with Gasteiger partial charge in [-0.15, -0.1) is 0 Å². The Bertz CT molecular complexity index is 769. The molecule has 2 N–H and O–H groups in total. The van der Waals surface area contributed by atoms with Gasteiger partial charge in [0.05, 0.1) is 11.2 Å². The number of rotatable bonds is 4. The van der Waals surface area contributed by atoms with E-state index in [1.807, 2.05) is 30.3 Å². The van der Waals surface area contributed by atoms with Crippen molar-refractivity contribution in [2.75, 3.05) is 6.54 Å². The van der Waals surface area contributed by atoms with Gasteiger partial charge in [-0.1, -0.05) is 54.8 Å². The summed E-state index contributed by atoms with van der Waals surface area (Å²) in [4.78, 5) is 21.2. The van der Waals surface area contributed by atoms with E-state index < -0.39 is 0 Å². The highest BCUT2D eigenvalue weighted by Crippen LogP contribution is 2.33. The zero-order chi connectivity index (χ0) is 17.9. The number of nitrogens with zero attached hydrogens (tertiary/aromatic N) is 2. The zero-order valence-corrected chi connectivity index (χ0v) is 15.4. The molecule has 1 aromatic carbocycles. The zero-order valence-electron chi connectivity index (χ0n) is 14.6. The molecule has 136 valence electrons. The Morgan fingerprint density at radius 2 is 2.04 bits per heavy atom. The second-order valence-corrected chi connectivity index (χ2v) is 7.62. The molecule has 1 saturated carbocycles. The van der Waals surface area contributed by atoms with Crippen LogP contribution in [0.5, 0.6) is 0 Å². The summed E-state index contributed by atoms with van der Waals surface area (Å²) in [6.07, 6.45) is 7.84. The minimum atomic E-state index is -0.244. The average molecular weight is 371 g/mol. The lowest BCUT2D eigenvalue weighted by atomic mass is 9.85. The molecule has 0 unspecified atom stereocenters. The summed E-state index contributed by atoms with van der Waals surface area (Å²) >= 11 is 6.17. The fourth-order valence-electron chi connectivity index (χ4n) is 4.14. The number of amides is 1. The third kappa shape index (κ3) is 3.74. The van der Waals surface area contributed by atoms with Crippen molar-refractivity contribution in [2.45, 2.75) is 44.2 Å². The van der Waals surface area contributed by atoms with Gasteiger partial charge in [-0.2, -0.15) is 0 Å². The van der Waals surface area contributed by atoms with Crippen LogP contribution in [0.3, 0.4) is 0 Å². The molecule has 6 heteroatoms. The Labute approximate surface area is 158 Å². The molecule has 4 rings (SSSR count). The van der Waals surface area contributed by atoms with Crippen molar-refractivity contribution in [2.24, 2.45) is 5.92 Å². The maximum Gasteiger partial charge on any atom is 0.271 e. The number of hydrogen-bond donors (Lipinski definition) is 2. The van der Waals surface area contributed by atoms with Crippen LogP contribution in [0.15, 0.2) is 36.5 Å². The molecule has 1 aliphatic carbocycles. The first-order chi connectivity index (χ1) is 12.7. The maximum atomic E-state index is 12.6. The van der Waals surface area contributed by atoms with Crippen molar-refractivity contribution >= 4 is 17.5 Å². The number of fused-ring (bicyclic) bond motifs is 1. The minimum absolute atomic E-state index is 0.232. The predicted molar refractivity (Wildman–Crippen MR) is 102 cm³/mol. The predicted octanol–water partition coefficient (Wildman–Crippen LogP) is 3.45. The van der Waals surface area contributed by atoms with Crippen LogP contribution in [-0.4, -0.2) is 34.5 Å². The van der Waals surface area contributed by atoms with Gasteiger partial charge < -0.3 is 10.6 Å². The fraction of sp³-hybridized carbons (Fsp3) is 0.450. The van der Waals surface area contributed by atoms with Crippen LogP contribution in [0.1, 0.15) is 42.6 Å². The first kappa shape index (κ1) is 17.4. The number of aromatic nitrogens is 2. The normalized spacial score (nSPS) is 24.9. The first-order valence-electron chi connectivity index (χ1n) is 9.33. The Kier molecular flexibility index (Phi) is 5.18. The summed E-state index contributed by atoms with van der Waals surface area (Å²) in [6, 6.07) is 10.5. The smallest absolute Gasteiger partial charge is 0.271 e. The third-order valence-electron chi connectivity index (χ3n) is 5.45. The standard InChI is InChI=1S/C20H23ClN4O/c21-16-12-22-19(13-6-2-1-3-7-13)25-18(16)20(26)23-11-15-10-14-8-4-5-9-17(14)24-15/h1-3,6-7,12,14-15,17,24H,4-5,8-11H2,(H,23,26)/t14-,15-,17-/m0/s1. The lowest BCUT2D eigenvalue weighted by Crippen LogP contribution is -2.40. The van der Waals surface area contributed by atoms with Gasteiger partial charge in [0.15, 0.2) is 11.5 Å². The van der Waals surface area contributed by atoms with E-state index in [0.717, 1.165) is 17.9 Å². The van der Waals surface area contributed by atoms with Crippen molar-refractivity contribution in [1.82, 2.24) is 20.6 Å². The van der Waals surface area contributed by atoms with E-state index in [4.69, 9.17) is 11.6 Å². The van der Waals surface area contributed by atoms with Crippen LogP contribution >= 0.6 is 11.6 Å². The van der Waals surface area contributed by atoms with Crippen LogP contribution in [-0.2, 0) is 0 Å². The van der Waals surface area contributed by atoms with E-state index >= 15 is 0 Å². The molecule has 1 aromatic heterocycles. The molecular formula is C20H23ClN4O. The van der Waals surface area contributed by atoms with Gasteiger partial charge >= 0.3 is 0 Å². The molecule has 0 bridgehead atoms. The van der Waals surface area contributed by atoms with E-state index in [9.17, 15) is 4.79 Å². The fourth-order valence-corrected chi connectivity index (χ4v) is 4.32. The Morgan fingerprint density at radius 1 is 1.23 bits per heavy atom. The summed E-state index contributed by atoms with van der Waals surface area (Å²) in [5, 5.41) is 6.94. The average Bonchev–Trinajstić information content (AvgIpc) is 3.10. The highest BCUT2D eigenvalue weighted by Gasteiger charge is 2.35. The number of halogens is 1. The number of benzene rings is 1. The summed E-state index contributed by atoms with van der Waals surface area (Å²) in [7, 11) is 0. The highest BCUT2D eigenvalue weighted by atomic mass is 35.5. The summed E-state index contributed by atoms with van der Waals surface area (Å²) in [5.74, 6) is 1.02. The molecule has 0 radical (unpaired) electrons. The summed E-state index contributed by atoms with van der Waals surface area (Å²) < 4.78 is 0. The SMILES string of the molecule is O=C(NC[C@@H]1C[C@@H]2CCCC[C@@H]2N1)c1nc(-c2ccccc2)ncc1Cl. The Hall–Kier alpha value is -1.98. The Balaban J connectivity index is 1.42. The topological polar surface area (TPSA) is 66.9 Å². The van der Waals surface area contributed by atoms with Crippen LogP contribution in [0.4, 0.5) is 0 Å². The van der Waals surface area contributed by atoms with Crippen LogP contribution in [0, 0.1) is 5.92 Å². The van der Waals surface area contributed by atoms with Gasteiger partial charge in [0.1, 0.15) is 0 Å². The molecule has 1 amide bonds. The van der Waals surface area contributed by atoms with Crippen molar-refractivity contribution in [3.05, 3.63) is 47.2 Å². The molecule has 2 aromatic rings. The monoisotopic (exact) mass is 370 g/mol. The quantitative estimate of drug-likeness (QED) is 0.865. The molecule has 2 heterocycles. The lowest BCUT2D eigenvalue weighted by Gasteiger charge is -2.24. The van der Waals surface area contributed by atoms with Gasteiger partial charge in [-0.25, -0.2) is 9.97 Å². The second-order valence-electron chi connectivity index (χ2n) is 7.22. The molecule has 2 aliphatic rings. The van der Waals surface area contributed by atoms with E-state index in [1.54, 1.807) is 0 Å². The molecule has 3 atom stereocenters. The van der Waals surface area contributed by atoms with Crippen LogP contribution in [0.2, 0.25) is 5.02 Å². The molecule has 0 spiro atoms. The van der Waals surface area contributed by atoms with Crippen molar-refractivity contribution in [3.8, 4) is 11.4 Å². The summed E-state index contributed by atoms with van der Waals surface area (Å²) in [5.41, 5.74) is 1.09. The number of nitrogens with one attached hydrogen (secondary N) is 2. The number of carbonyl (C=O) groups is 1. The molecular weight excluding hydrogens is 348 g/mol. The maximum absolute atomic E-state index is 12.6. The van der Waals surface area contributed by atoms with Crippen molar-refractivity contribution < 1.29 is 4.79 Å². The van der Waals surface area contributed by atoms with Crippen molar-refractivity contribution in [3.63, 3.8) is 0 Å². The Morgan fingerprint density at radius 3 is 2.85 bits per heavy atom. The van der Waals surface area contributed by atoms with E-state index in [2.05, 4.69) is 20.6 Å². The third-order valence-corrected chi connectivity index (χ3v) is 5.72. The largest absolute Gasteiger partial charge is 0.349 e. The highest BCUT2D eigenvalue weighted by molar-refractivity contribution is 6.33. The van der Waals surface area contributed by atoms with Gasteiger partial charge in [0.2, 0.25) is 0 Å².